The molecule has 0 radical (unpaired) electrons. The molecule has 22 heavy (non-hydrogen) atoms. The van der Waals surface area contributed by atoms with Gasteiger partial charge in [-0.25, -0.2) is 9.97 Å². The number of aromatic nitrogens is 2. The summed E-state index contributed by atoms with van der Waals surface area (Å²) in [7, 11) is 0. The molecule has 0 saturated carbocycles. The van der Waals surface area contributed by atoms with Crippen molar-refractivity contribution in [3.8, 4) is 0 Å². The van der Waals surface area contributed by atoms with Gasteiger partial charge in [0.05, 0.1) is 5.69 Å². The highest BCUT2D eigenvalue weighted by atomic mass is 16.2. The number of hydrogen-bond acceptors (Lipinski definition) is 3. The quantitative estimate of drug-likeness (QED) is 0.859. The monoisotopic (exact) mass is 297 g/mol. The van der Waals surface area contributed by atoms with Crippen LogP contribution in [-0.2, 0) is 16.6 Å². The molecule has 0 unspecified atom stereocenters. The van der Waals surface area contributed by atoms with E-state index < -0.39 is 0 Å². The molecule has 0 fully saturated rings. The van der Waals surface area contributed by atoms with E-state index in [1.165, 1.54) is 5.56 Å². The zero-order valence-electron chi connectivity index (χ0n) is 13.9. The van der Waals surface area contributed by atoms with Crippen molar-refractivity contribution < 1.29 is 4.79 Å². The molecule has 0 saturated heterocycles. The molecule has 0 aliphatic heterocycles. The fourth-order valence-corrected chi connectivity index (χ4v) is 2.27. The molecule has 0 spiro atoms. The molecular formula is C18H23N3O. The van der Waals surface area contributed by atoms with Crippen LogP contribution in [0.2, 0.25) is 0 Å². The van der Waals surface area contributed by atoms with Gasteiger partial charge in [-0.3, -0.25) is 9.69 Å². The van der Waals surface area contributed by atoms with Crippen LogP contribution in [0.1, 0.15) is 46.0 Å². The van der Waals surface area contributed by atoms with Crippen molar-refractivity contribution in [2.45, 2.75) is 46.5 Å². The van der Waals surface area contributed by atoms with E-state index in [4.69, 9.17) is 0 Å². The molecule has 0 aliphatic carbocycles. The van der Waals surface area contributed by atoms with Crippen LogP contribution in [0.25, 0.3) is 0 Å². The van der Waals surface area contributed by atoms with E-state index in [2.05, 4.69) is 42.9 Å². The van der Waals surface area contributed by atoms with Gasteiger partial charge >= 0.3 is 0 Å². The van der Waals surface area contributed by atoms with E-state index in [0.717, 1.165) is 17.9 Å². The molecule has 4 nitrogen and oxygen atoms in total. The Morgan fingerprint density at radius 2 is 1.77 bits per heavy atom. The molecule has 1 amide bonds. The Balaban J connectivity index is 2.42. The molecule has 0 bridgehead atoms. The van der Waals surface area contributed by atoms with Gasteiger partial charge in [-0.1, -0.05) is 39.8 Å². The lowest BCUT2D eigenvalue weighted by molar-refractivity contribution is -0.115. The van der Waals surface area contributed by atoms with E-state index in [9.17, 15) is 4.79 Å². The van der Waals surface area contributed by atoms with Crippen LogP contribution in [0.5, 0.6) is 0 Å². The number of amides is 1. The lowest BCUT2D eigenvalue weighted by Gasteiger charge is -2.23. The topological polar surface area (TPSA) is 46.1 Å². The first-order valence-electron chi connectivity index (χ1n) is 7.56. The maximum Gasteiger partial charge on any atom is 0.229 e. The van der Waals surface area contributed by atoms with Gasteiger partial charge in [0.1, 0.15) is 11.6 Å². The van der Waals surface area contributed by atoms with Gasteiger partial charge in [-0.15, -0.1) is 0 Å². The smallest absolute Gasteiger partial charge is 0.229 e. The Hall–Kier alpha value is -2.23. The number of aryl methyl sites for hydroxylation is 1. The summed E-state index contributed by atoms with van der Waals surface area (Å²) in [5, 5.41) is 0. The van der Waals surface area contributed by atoms with Crippen LogP contribution in [0, 0.1) is 0 Å². The zero-order chi connectivity index (χ0) is 16.3. The van der Waals surface area contributed by atoms with Crippen molar-refractivity contribution in [1.82, 2.24) is 9.97 Å². The molecule has 0 N–H and O–H groups in total. The summed E-state index contributed by atoms with van der Waals surface area (Å²) in [4.78, 5) is 22.4. The molecule has 116 valence electrons. The minimum Gasteiger partial charge on any atom is -0.274 e. The van der Waals surface area contributed by atoms with Gasteiger partial charge in [0.15, 0.2) is 0 Å². The van der Waals surface area contributed by atoms with E-state index in [0.29, 0.717) is 5.82 Å². The minimum atomic E-state index is -0.0655. The van der Waals surface area contributed by atoms with Crippen LogP contribution >= 0.6 is 0 Å². The fraction of sp³-hybridized carbons (Fsp3) is 0.389. The zero-order valence-corrected chi connectivity index (χ0v) is 13.9. The third-order valence-corrected chi connectivity index (χ3v) is 3.54. The number of hydrogen-bond donors (Lipinski definition) is 0. The van der Waals surface area contributed by atoms with Gasteiger partial charge < -0.3 is 0 Å². The predicted octanol–water partition coefficient (Wildman–Crippen LogP) is 4.02. The van der Waals surface area contributed by atoms with Crippen molar-refractivity contribution in [1.29, 1.82) is 0 Å². The van der Waals surface area contributed by atoms with Crippen LogP contribution in [-0.4, -0.2) is 15.9 Å². The van der Waals surface area contributed by atoms with Gasteiger partial charge in [0.2, 0.25) is 5.91 Å². The summed E-state index contributed by atoms with van der Waals surface area (Å²) in [6.07, 6.45) is 2.43. The van der Waals surface area contributed by atoms with Crippen molar-refractivity contribution in [2.24, 2.45) is 0 Å². The first kappa shape index (κ1) is 16.1. The highest BCUT2D eigenvalue weighted by molar-refractivity contribution is 5.98. The Labute approximate surface area is 132 Å². The molecule has 1 aromatic carbocycles. The van der Waals surface area contributed by atoms with Crippen molar-refractivity contribution in [3.05, 3.63) is 47.9 Å². The highest BCUT2D eigenvalue weighted by Crippen LogP contribution is 2.28. The molecule has 2 rings (SSSR count). The average Bonchev–Trinajstić information content (AvgIpc) is 2.47. The first-order chi connectivity index (χ1) is 10.3. The number of rotatable bonds is 3. The summed E-state index contributed by atoms with van der Waals surface area (Å²) in [5.41, 5.74) is 2.14. The Morgan fingerprint density at radius 3 is 2.27 bits per heavy atom. The summed E-state index contributed by atoms with van der Waals surface area (Å²) in [6, 6.07) is 9.82. The normalized spacial score (nSPS) is 11.3. The van der Waals surface area contributed by atoms with E-state index in [1.807, 2.05) is 19.1 Å². The Bertz CT molecular complexity index is 657. The first-order valence-corrected chi connectivity index (χ1v) is 7.56. The van der Waals surface area contributed by atoms with E-state index >= 15 is 0 Å². The number of anilines is 2. The lowest BCUT2D eigenvalue weighted by atomic mass is 9.87. The van der Waals surface area contributed by atoms with E-state index in [1.54, 1.807) is 24.1 Å². The van der Waals surface area contributed by atoms with Crippen LogP contribution in [0.3, 0.4) is 0 Å². The maximum atomic E-state index is 12.1. The molecular weight excluding hydrogens is 274 g/mol. The second-order valence-electron chi connectivity index (χ2n) is 6.34. The number of nitrogens with zero attached hydrogens (tertiary/aromatic N) is 3. The van der Waals surface area contributed by atoms with Gasteiger partial charge in [0.25, 0.3) is 0 Å². The average molecular weight is 297 g/mol. The summed E-state index contributed by atoms with van der Waals surface area (Å²) in [5.74, 6) is 1.28. The second kappa shape index (κ2) is 6.26. The Kier molecular flexibility index (Phi) is 4.59. The van der Waals surface area contributed by atoms with Crippen LogP contribution in [0.4, 0.5) is 11.5 Å². The molecule has 0 atom stereocenters. The summed E-state index contributed by atoms with van der Waals surface area (Å²) < 4.78 is 0. The van der Waals surface area contributed by atoms with Gasteiger partial charge in [0, 0.05) is 19.5 Å². The summed E-state index contributed by atoms with van der Waals surface area (Å²) in [6.45, 7) is 10.1. The van der Waals surface area contributed by atoms with E-state index in [-0.39, 0.29) is 11.3 Å². The van der Waals surface area contributed by atoms with Gasteiger partial charge in [-0.2, -0.15) is 0 Å². The Morgan fingerprint density at radius 1 is 1.14 bits per heavy atom. The molecule has 4 heteroatoms. The number of carbonyl (C=O) groups excluding carboxylic acids is 1. The SMILES string of the molecule is CCc1nccc(N(C(C)=O)c2ccc(C(C)(C)C)cc2)n1. The molecule has 1 heterocycles. The highest BCUT2D eigenvalue weighted by Gasteiger charge is 2.18. The largest absolute Gasteiger partial charge is 0.274 e. The third kappa shape index (κ3) is 3.50. The van der Waals surface area contributed by atoms with Crippen molar-refractivity contribution >= 4 is 17.4 Å². The third-order valence-electron chi connectivity index (χ3n) is 3.54. The molecule has 1 aromatic heterocycles. The second-order valence-corrected chi connectivity index (χ2v) is 6.34. The van der Waals surface area contributed by atoms with Gasteiger partial charge in [-0.05, 0) is 29.2 Å². The lowest BCUT2D eigenvalue weighted by Crippen LogP contribution is -2.24. The molecule has 2 aromatic rings. The number of benzene rings is 1. The molecule has 0 aliphatic rings. The summed E-state index contributed by atoms with van der Waals surface area (Å²) >= 11 is 0. The van der Waals surface area contributed by atoms with Crippen LogP contribution < -0.4 is 4.90 Å². The van der Waals surface area contributed by atoms with Crippen LogP contribution in [0.15, 0.2) is 36.5 Å². The standard InChI is InChI=1S/C18H23N3O/c1-6-16-19-12-11-17(20-16)21(13(2)22)15-9-7-14(8-10-15)18(3,4)5/h7-12H,6H2,1-5H3. The predicted molar refractivity (Wildman–Crippen MR) is 89.4 cm³/mol. The number of carbonyl (C=O) groups is 1. The maximum absolute atomic E-state index is 12.1. The van der Waals surface area contributed by atoms with Crippen molar-refractivity contribution in [2.75, 3.05) is 4.90 Å². The minimum absolute atomic E-state index is 0.0655. The van der Waals surface area contributed by atoms with Crippen molar-refractivity contribution in [3.63, 3.8) is 0 Å². The fourth-order valence-electron chi connectivity index (χ4n) is 2.27.